The van der Waals surface area contributed by atoms with Crippen LogP contribution in [0.2, 0.25) is 0 Å². The Morgan fingerprint density at radius 3 is 2.40 bits per heavy atom. The van der Waals surface area contributed by atoms with Gasteiger partial charge in [-0.05, 0) is 19.3 Å². The number of carboxylic acid groups (broad SMARTS) is 1. The Labute approximate surface area is 118 Å². The van der Waals surface area contributed by atoms with Crippen molar-refractivity contribution in [2.24, 2.45) is 5.41 Å². The molecule has 3 amide bonds. The number of aliphatic carboxylic acids is 1. The van der Waals surface area contributed by atoms with Crippen LogP contribution in [0.15, 0.2) is 0 Å². The quantitative estimate of drug-likeness (QED) is 0.684. The molecule has 0 aliphatic carbocycles. The zero-order valence-corrected chi connectivity index (χ0v) is 12.6. The highest BCUT2D eigenvalue weighted by molar-refractivity contribution is 5.92. The van der Waals surface area contributed by atoms with Crippen LogP contribution >= 0.6 is 0 Å². The number of hydrogen-bond donors (Lipinski definition) is 3. The number of rotatable bonds is 2. The predicted octanol–water partition coefficient (Wildman–Crippen LogP) is 0.406. The summed E-state index contributed by atoms with van der Waals surface area (Å²) in [4.78, 5) is 36.7. The highest BCUT2D eigenvalue weighted by Gasteiger charge is 2.42. The molecular formula is C13H23N3O4. The molecule has 1 heterocycles. The number of piperazine rings is 1. The maximum atomic E-state index is 12.3. The summed E-state index contributed by atoms with van der Waals surface area (Å²) in [6, 6.07) is -1.55. The lowest BCUT2D eigenvalue weighted by Gasteiger charge is -2.42. The van der Waals surface area contributed by atoms with Gasteiger partial charge in [0.25, 0.3) is 0 Å². The van der Waals surface area contributed by atoms with Gasteiger partial charge in [-0.1, -0.05) is 20.8 Å². The molecule has 1 aliphatic rings. The van der Waals surface area contributed by atoms with Crippen molar-refractivity contribution in [1.82, 2.24) is 15.5 Å². The first-order valence-electron chi connectivity index (χ1n) is 6.57. The maximum Gasteiger partial charge on any atom is 0.326 e. The van der Waals surface area contributed by atoms with E-state index in [0.29, 0.717) is 13.1 Å². The van der Waals surface area contributed by atoms with Crippen molar-refractivity contribution in [3.8, 4) is 0 Å². The minimum atomic E-state index is -1.09. The first kappa shape index (κ1) is 16.3. The normalized spacial score (nSPS) is 20.1. The van der Waals surface area contributed by atoms with Crippen LogP contribution < -0.4 is 10.6 Å². The molecule has 7 heteroatoms. The van der Waals surface area contributed by atoms with E-state index < -0.39 is 29.0 Å². The van der Waals surface area contributed by atoms with Gasteiger partial charge in [0.15, 0.2) is 0 Å². The van der Waals surface area contributed by atoms with E-state index in [1.54, 1.807) is 34.6 Å². The molecule has 0 saturated carbocycles. The molecule has 114 valence electrons. The van der Waals surface area contributed by atoms with Crippen LogP contribution in [0, 0.1) is 5.41 Å². The van der Waals surface area contributed by atoms with Gasteiger partial charge < -0.3 is 20.6 Å². The molecule has 3 N–H and O–H groups in total. The zero-order chi connectivity index (χ0) is 15.7. The van der Waals surface area contributed by atoms with Crippen LogP contribution in [-0.2, 0) is 9.59 Å². The van der Waals surface area contributed by atoms with Gasteiger partial charge in [-0.15, -0.1) is 0 Å². The van der Waals surface area contributed by atoms with Crippen LogP contribution in [0.5, 0.6) is 0 Å². The van der Waals surface area contributed by atoms with Gasteiger partial charge in [-0.3, -0.25) is 4.79 Å². The van der Waals surface area contributed by atoms with E-state index in [9.17, 15) is 19.5 Å². The van der Waals surface area contributed by atoms with Gasteiger partial charge in [0.1, 0.15) is 11.6 Å². The molecule has 1 fully saturated rings. The Morgan fingerprint density at radius 2 is 1.95 bits per heavy atom. The molecule has 0 aromatic carbocycles. The van der Waals surface area contributed by atoms with Gasteiger partial charge in [0.2, 0.25) is 5.91 Å². The third kappa shape index (κ3) is 3.20. The van der Waals surface area contributed by atoms with Crippen LogP contribution in [0.4, 0.5) is 4.79 Å². The monoisotopic (exact) mass is 285 g/mol. The Balaban J connectivity index is 2.89. The van der Waals surface area contributed by atoms with Crippen LogP contribution in [0.1, 0.15) is 34.6 Å². The molecule has 1 saturated heterocycles. The fourth-order valence-corrected chi connectivity index (χ4v) is 2.11. The molecule has 1 aliphatic heterocycles. The predicted molar refractivity (Wildman–Crippen MR) is 73.2 cm³/mol. The third-order valence-electron chi connectivity index (χ3n) is 3.48. The van der Waals surface area contributed by atoms with Crippen molar-refractivity contribution >= 4 is 17.9 Å². The van der Waals surface area contributed by atoms with Crippen LogP contribution in [0.3, 0.4) is 0 Å². The number of carbonyl (C=O) groups excluding carboxylic acids is 2. The minimum Gasteiger partial charge on any atom is -0.480 e. The molecule has 0 unspecified atom stereocenters. The topological polar surface area (TPSA) is 98.7 Å². The maximum absolute atomic E-state index is 12.3. The van der Waals surface area contributed by atoms with E-state index in [-0.39, 0.29) is 5.91 Å². The number of nitrogens with zero attached hydrogens (tertiary/aromatic N) is 1. The number of carbonyl (C=O) groups is 3. The van der Waals surface area contributed by atoms with Gasteiger partial charge in [0.05, 0.1) is 0 Å². The van der Waals surface area contributed by atoms with Crippen LogP contribution in [0.25, 0.3) is 0 Å². The minimum absolute atomic E-state index is 0.249. The summed E-state index contributed by atoms with van der Waals surface area (Å²) in [7, 11) is 0. The molecule has 20 heavy (non-hydrogen) atoms. The van der Waals surface area contributed by atoms with Crippen molar-refractivity contribution in [2.45, 2.75) is 46.2 Å². The van der Waals surface area contributed by atoms with E-state index in [1.807, 2.05) is 0 Å². The Bertz CT molecular complexity index is 426. The SMILES string of the molecule is CC(C)(C)[C@H](NC(=O)N1CCNC(=O)C1(C)C)C(=O)O. The molecule has 0 aromatic rings. The number of urea groups is 1. The highest BCUT2D eigenvalue weighted by atomic mass is 16.4. The van der Waals surface area contributed by atoms with E-state index >= 15 is 0 Å². The summed E-state index contributed by atoms with van der Waals surface area (Å²) >= 11 is 0. The van der Waals surface area contributed by atoms with Crippen molar-refractivity contribution < 1.29 is 19.5 Å². The van der Waals surface area contributed by atoms with Crippen molar-refractivity contribution in [2.75, 3.05) is 13.1 Å². The second-order valence-electron chi connectivity index (χ2n) is 6.55. The van der Waals surface area contributed by atoms with E-state index in [2.05, 4.69) is 10.6 Å². The Kier molecular flexibility index (Phi) is 4.31. The molecule has 0 aromatic heterocycles. The van der Waals surface area contributed by atoms with Gasteiger partial charge >= 0.3 is 12.0 Å². The molecule has 1 rings (SSSR count). The zero-order valence-electron chi connectivity index (χ0n) is 12.6. The first-order valence-corrected chi connectivity index (χ1v) is 6.57. The average molecular weight is 285 g/mol. The molecule has 0 spiro atoms. The molecule has 0 bridgehead atoms. The van der Waals surface area contributed by atoms with Gasteiger partial charge in [0, 0.05) is 13.1 Å². The number of nitrogens with one attached hydrogen (secondary N) is 2. The molecule has 7 nitrogen and oxygen atoms in total. The van der Waals surface area contributed by atoms with Gasteiger partial charge in [-0.25, -0.2) is 9.59 Å². The summed E-state index contributed by atoms with van der Waals surface area (Å²) < 4.78 is 0. The average Bonchev–Trinajstić information content (AvgIpc) is 2.27. The van der Waals surface area contributed by atoms with Gasteiger partial charge in [-0.2, -0.15) is 0 Å². The third-order valence-corrected chi connectivity index (χ3v) is 3.48. The summed E-state index contributed by atoms with van der Waals surface area (Å²) in [5, 5.41) is 14.4. The Morgan fingerprint density at radius 1 is 1.40 bits per heavy atom. The number of carboxylic acids is 1. The smallest absolute Gasteiger partial charge is 0.326 e. The molecule has 1 atom stereocenters. The summed E-state index contributed by atoms with van der Waals surface area (Å²) in [6.07, 6.45) is 0. The summed E-state index contributed by atoms with van der Waals surface area (Å²) in [6.45, 7) is 9.19. The molecule has 0 radical (unpaired) electrons. The second kappa shape index (κ2) is 5.30. The fourth-order valence-electron chi connectivity index (χ4n) is 2.11. The van der Waals surface area contributed by atoms with E-state index in [0.717, 1.165) is 0 Å². The summed E-state index contributed by atoms with van der Waals surface area (Å²) in [5.41, 5.74) is -1.62. The number of amides is 3. The largest absolute Gasteiger partial charge is 0.480 e. The van der Waals surface area contributed by atoms with Crippen molar-refractivity contribution in [1.29, 1.82) is 0 Å². The second-order valence-corrected chi connectivity index (χ2v) is 6.55. The standard InChI is InChI=1S/C13H23N3O4/c1-12(2,3)8(9(17)18)15-11(20)16-7-6-14-10(19)13(16,4)5/h8H,6-7H2,1-5H3,(H,14,19)(H,15,20)(H,17,18)/t8-/m1/s1. The summed E-state index contributed by atoms with van der Waals surface area (Å²) in [5.74, 6) is -1.34. The number of hydrogen-bond acceptors (Lipinski definition) is 3. The first-order chi connectivity index (χ1) is 8.98. The van der Waals surface area contributed by atoms with E-state index in [1.165, 1.54) is 4.90 Å². The fraction of sp³-hybridized carbons (Fsp3) is 0.769. The lowest BCUT2D eigenvalue weighted by atomic mass is 9.87. The van der Waals surface area contributed by atoms with E-state index in [4.69, 9.17) is 0 Å². The Hall–Kier alpha value is -1.79. The lowest BCUT2D eigenvalue weighted by Crippen LogP contribution is -2.66. The lowest BCUT2D eigenvalue weighted by molar-refractivity contribution is -0.142. The van der Waals surface area contributed by atoms with Crippen molar-refractivity contribution in [3.63, 3.8) is 0 Å². The highest BCUT2D eigenvalue weighted by Crippen LogP contribution is 2.22. The molecular weight excluding hydrogens is 262 g/mol. The van der Waals surface area contributed by atoms with Crippen molar-refractivity contribution in [3.05, 3.63) is 0 Å². The van der Waals surface area contributed by atoms with Crippen LogP contribution in [-0.4, -0.2) is 52.6 Å².